The van der Waals surface area contributed by atoms with Crippen LogP contribution in [0.4, 0.5) is 11.1 Å². The van der Waals surface area contributed by atoms with Gasteiger partial charge in [0.2, 0.25) is 16.1 Å². The zero-order valence-electron chi connectivity index (χ0n) is 19.6. The summed E-state index contributed by atoms with van der Waals surface area (Å²) in [7, 11) is 0. The number of oxazole rings is 1. The van der Waals surface area contributed by atoms with Crippen LogP contribution in [0.5, 0.6) is 0 Å². The number of hydrogen-bond donors (Lipinski definition) is 3. The highest BCUT2D eigenvalue weighted by atomic mass is 35.5. The highest BCUT2D eigenvalue weighted by molar-refractivity contribution is 7.17. The molecule has 3 N–H and O–H groups in total. The van der Waals surface area contributed by atoms with Crippen LogP contribution >= 0.6 is 22.9 Å². The van der Waals surface area contributed by atoms with E-state index in [-0.39, 0.29) is 22.8 Å². The Morgan fingerprint density at radius 3 is 2.73 bits per heavy atom. The van der Waals surface area contributed by atoms with E-state index in [9.17, 15) is 9.59 Å². The number of allylic oxidation sites excluding steroid dienone is 1. The number of amides is 1. The average molecular weight is 538 g/mol. The number of fused-ring (bicyclic) bond motifs is 1. The molecule has 1 atom stereocenters. The fourth-order valence-electron chi connectivity index (χ4n) is 3.70. The standard InChI is InChI=1S/C24H20ClN7O4S/c1-3-35-21(34)20-31-32-24(37-20)29-19(33)17-12(2)26-22(28-18(17)13-8-4-5-9-14(13)25)30-23-27-15-10-6-7-11-16(15)36-23/h4-11,18H,3H2,1-2H3,(H,29,32,33)(H2,26,27,28,30). The Kier molecular flexibility index (Phi) is 6.84. The zero-order valence-corrected chi connectivity index (χ0v) is 21.2. The molecule has 0 aliphatic carbocycles. The third-order valence-electron chi connectivity index (χ3n) is 5.30. The summed E-state index contributed by atoms with van der Waals surface area (Å²) in [4.78, 5) is 34.5. The summed E-state index contributed by atoms with van der Waals surface area (Å²) in [6.45, 7) is 3.64. The number of para-hydroxylation sites is 2. The van der Waals surface area contributed by atoms with Crippen molar-refractivity contribution < 1.29 is 18.7 Å². The molecule has 0 fully saturated rings. The second-order valence-electron chi connectivity index (χ2n) is 7.76. The monoisotopic (exact) mass is 537 g/mol. The normalized spacial score (nSPS) is 15.2. The van der Waals surface area contributed by atoms with Gasteiger partial charge >= 0.3 is 12.0 Å². The zero-order chi connectivity index (χ0) is 25.9. The van der Waals surface area contributed by atoms with Crippen LogP contribution in [0, 0.1) is 0 Å². The van der Waals surface area contributed by atoms with E-state index in [1.165, 1.54) is 0 Å². The number of aromatic nitrogens is 3. The van der Waals surface area contributed by atoms with Crippen molar-refractivity contribution in [2.24, 2.45) is 4.99 Å². The molecular weight excluding hydrogens is 518 g/mol. The molecule has 1 aliphatic rings. The van der Waals surface area contributed by atoms with Gasteiger partial charge in [-0.15, -0.1) is 10.2 Å². The number of benzene rings is 2. The van der Waals surface area contributed by atoms with Gasteiger partial charge < -0.3 is 14.5 Å². The minimum absolute atomic E-state index is 0.0371. The molecule has 5 rings (SSSR count). The summed E-state index contributed by atoms with van der Waals surface area (Å²) in [5.41, 5.74) is 2.76. The lowest BCUT2D eigenvalue weighted by atomic mass is 9.95. The van der Waals surface area contributed by atoms with E-state index < -0.39 is 17.9 Å². The number of aliphatic imine (C=N–C) groups is 1. The molecule has 0 saturated carbocycles. The molecule has 1 unspecified atom stereocenters. The first-order valence-electron chi connectivity index (χ1n) is 11.2. The van der Waals surface area contributed by atoms with Gasteiger partial charge in [0.1, 0.15) is 11.6 Å². The van der Waals surface area contributed by atoms with E-state index in [1.807, 2.05) is 30.3 Å². The van der Waals surface area contributed by atoms with Gasteiger partial charge in [0.15, 0.2) is 5.58 Å². The van der Waals surface area contributed by atoms with E-state index >= 15 is 0 Å². The lowest BCUT2D eigenvalue weighted by Gasteiger charge is -2.26. The van der Waals surface area contributed by atoms with Crippen LogP contribution in [-0.4, -0.2) is 39.6 Å². The molecule has 3 heterocycles. The SMILES string of the molecule is CCOC(=O)c1nnc(NC(=O)C2=C(C)NC(Nc3nc4ccccc4o3)=NC2c2ccccc2Cl)s1. The first-order valence-corrected chi connectivity index (χ1v) is 12.4. The highest BCUT2D eigenvalue weighted by Gasteiger charge is 2.32. The van der Waals surface area contributed by atoms with Crippen molar-refractivity contribution in [3.05, 3.63) is 75.4 Å². The van der Waals surface area contributed by atoms with Crippen molar-refractivity contribution in [2.75, 3.05) is 17.2 Å². The molecule has 1 amide bonds. The molecule has 0 radical (unpaired) electrons. The number of rotatable bonds is 6. The van der Waals surface area contributed by atoms with Crippen molar-refractivity contribution in [3.8, 4) is 0 Å². The number of nitrogens with one attached hydrogen (secondary N) is 3. The smallest absolute Gasteiger partial charge is 0.369 e. The minimum Gasteiger partial charge on any atom is -0.461 e. The third-order valence-corrected chi connectivity index (χ3v) is 6.46. The first kappa shape index (κ1) is 24.4. The van der Waals surface area contributed by atoms with Crippen molar-refractivity contribution in [1.29, 1.82) is 0 Å². The van der Waals surface area contributed by atoms with Gasteiger partial charge in [-0.3, -0.25) is 15.4 Å². The van der Waals surface area contributed by atoms with Gasteiger partial charge in [0, 0.05) is 16.3 Å². The Morgan fingerprint density at radius 1 is 1.16 bits per heavy atom. The number of carbonyl (C=O) groups excluding carboxylic acids is 2. The van der Waals surface area contributed by atoms with E-state index in [0.717, 1.165) is 11.3 Å². The lowest BCUT2D eigenvalue weighted by molar-refractivity contribution is -0.113. The van der Waals surface area contributed by atoms with Gasteiger partial charge in [-0.25, -0.2) is 9.79 Å². The maximum Gasteiger partial charge on any atom is 0.369 e. The predicted molar refractivity (Wildman–Crippen MR) is 140 cm³/mol. The summed E-state index contributed by atoms with van der Waals surface area (Å²) < 4.78 is 10.7. The maximum absolute atomic E-state index is 13.4. The molecule has 4 aromatic rings. The second-order valence-corrected chi connectivity index (χ2v) is 9.15. The van der Waals surface area contributed by atoms with Crippen molar-refractivity contribution in [2.45, 2.75) is 19.9 Å². The Balaban J connectivity index is 1.44. The van der Waals surface area contributed by atoms with Crippen LogP contribution in [-0.2, 0) is 9.53 Å². The number of anilines is 2. The van der Waals surface area contributed by atoms with E-state index in [0.29, 0.717) is 38.9 Å². The van der Waals surface area contributed by atoms with Crippen molar-refractivity contribution in [1.82, 2.24) is 20.5 Å². The summed E-state index contributed by atoms with van der Waals surface area (Å²) >= 11 is 7.41. The average Bonchev–Trinajstić information content (AvgIpc) is 3.50. The van der Waals surface area contributed by atoms with Gasteiger partial charge in [0.05, 0.1) is 12.2 Å². The number of nitrogens with zero attached hydrogens (tertiary/aromatic N) is 4. The molecule has 188 valence electrons. The van der Waals surface area contributed by atoms with Gasteiger partial charge in [-0.1, -0.05) is 53.3 Å². The molecule has 37 heavy (non-hydrogen) atoms. The number of hydrogen-bond acceptors (Lipinski definition) is 11. The van der Waals surface area contributed by atoms with Crippen LogP contribution in [0.25, 0.3) is 11.1 Å². The molecule has 2 aromatic heterocycles. The number of halogens is 1. The van der Waals surface area contributed by atoms with Crippen molar-refractivity contribution >= 4 is 63.0 Å². The van der Waals surface area contributed by atoms with Crippen molar-refractivity contribution in [3.63, 3.8) is 0 Å². The van der Waals surface area contributed by atoms with E-state index in [4.69, 9.17) is 25.7 Å². The quantitative estimate of drug-likeness (QED) is 0.302. The molecule has 2 aromatic carbocycles. The van der Waals surface area contributed by atoms with Gasteiger partial charge in [-0.2, -0.15) is 4.98 Å². The van der Waals surface area contributed by atoms with Crippen LogP contribution in [0.1, 0.15) is 35.3 Å². The second kappa shape index (κ2) is 10.4. The van der Waals surface area contributed by atoms with E-state index in [1.54, 1.807) is 32.0 Å². The summed E-state index contributed by atoms with van der Waals surface area (Å²) in [5, 5.41) is 17.1. The molecule has 13 heteroatoms. The number of ether oxygens (including phenoxy) is 1. The number of esters is 1. The summed E-state index contributed by atoms with van der Waals surface area (Å²) in [6, 6.07) is 14.0. The number of carbonyl (C=O) groups is 2. The first-order chi connectivity index (χ1) is 17.9. The third kappa shape index (κ3) is 5.15. The Morgan fingerprint density at radius 2 is 1.95 bits per heavy atom. The fourth-order valence-corrected chi connectivity index (χ4v) is 4.57. The fraction of sp³-hybridized carbons (Fsp3) is 0.167. The molecule has 1 aliphatic heterocycles. The molecular formula is C24H20ClN7O4S. The molecule has 0 saturated heterocycles. The highest BCUT2D eigenvalue weighted by Crippen LogP contribution is 2.35. The van der Waals surface area contributed by atoms with Crippen LogP contribution in [0.3, 0.4) is 0 Å². The molecule has 11 nitrogen and oxygen atoms in total. The summed E-state index contributed by atoms with van der Waals surface area (Å²) in [5.74, 6) is -0.763. The predicted octanol–water partition coefficient (Wildman–Crippen LogP) is 4.53. The van der Waals surface area contributed by atoms with Gasteiger partial charge in [-0.05, 0) is 32.0 Å². The topological polar surface area (TPSA) is 144 Å². The van der Waals surface area contributed by atoms with Crippen LogP contribution in [0.15, 0.2) is 69.2 Å². The Bertz CT molecular complexity index is 1530. The maximum atomic E-state index is 13.4. The largest absolute Gasteiger partial charge is 0.461 e. The number of guanidine groups is 1. The lowest BCUT2D eigenvalue weighted by Crippen LogP contribution is -2.37. The Labute approximate surface area is 219 Å². The molecule has 0 bridgehead atoms. The van der Waals surface area contributed by atoms with Crippen LogP contribution < -0.4 is 16.0 Å². The van der Waals surface area contributed by atoms with Crippen LogP contribution in [0.2, 0.25) is 5.02 Å². The minimum atomic E-state index is -0.765. The molecule has 0 spiro atoms. The summed E-state index contributed by atoms with van der Waals surface area (Å²) in [6.07, 6.45) is 0. The Hall–Kier alpha value is -4.29. The van der Waals surface area contributed by atoms with E-state index in [2.05, 4.69) is 31.1 Å². The van der Waals surface area contributed by atoms with Gasteiger partial charge in [0.25, 0.3) is 5.91 Å².